The molecular formula is C31H33N3O2S. The van der Waals surface area contributed by atoms with E-state index in [1.807, 2.05) is 89.1 Å². The summed E-state index contributed by atoms with van der Waals surface area (Å²) < 4.78 is 0. The number of hydrogen-bond acceptors (Lipinski definition) is 3. The van der Waals surface area contributed by atoms with Crippen LogP contribution in [0.3, 0.4) is 0 Å². The molecule has 1 aliphatic rings. The number of nitrogens with one attached hydrogen (secondary N) is 1. The highest BCUT2D eigenvalue weighted by Gasteiger charge is 2.29. The third kappa shape index (κ3) is 6.38. The zero-order chi connectivity index (χ0) is 25.5. The molecule has 0 saturated heterocycles. The molecule has 0 radical (unpaired) electrons. The number of amides is 3. The van der Waals surface area contributed by atoms with Gasteiger partial charge in [0.25, 0.3) is 0 Å². The molecule has 6 heteroatoms. The van der Waals surface area contributed by atoms with Crippen molar-refractivity contribution in [2.24, 2.45) is 0 Å². The first-order valence-electron chi connectivity index (χ1n) is 13.1. The molecule has 0 atom stereocenters. The molecule has 1 aliphatic carbocycles. The van der Waals surface area contributed by atoms with E-state index in [0.717, 1.165) is 52.6 Å². The summed E-state index contributed by atoms with van der Waals surface area (Å²) in [6.07, 6.45) is 5.21. The Hall–Kier alpha value is -3.64. The smallest absolute Gasteiger partial charge is 0.322 e. The fourth-order valence-electron chi connectivity index (χ4n) is 5.15. The van der Waals surface area contributed by atoms with Gasteiger partial charge in [0.15, 0.2) is 0 Å². The van der Waals surface area contributed by atoms with E-state index in [1.165, 1.54) is 6.42 Å². The molecule has 0 aliphatic heterocycles. The fourth-order valence-corrected chi connectivity index (χ4v) is 5.87. The van der Waals surface area contributed by atoms with E-state index in [0.29, 0.717) is 13.1 Å². The molecule has 3 amide bonds. The topological polar surface area (TPSA) is 52.7 Å². The van der Waals surface area contributed by atoms with Crippen LogP contribution in [0.1, 0.15) is 42.5 Å². The highest BCUT2D eigenvalue weighted by atomic mass is 32.1. The van der Waals surface area contributed by atoms with Gasteiger partial charge in [-0.3, -0.25) is 4.79 Å². The van der Waals surface area contributed by atoms with Crippen molar-refractivity contribution >= 4 is 39.7 Å². The number of thiophene rings is 1. The molecule has 1 N–H and O–H groups in total. The average Bonchev–Trinajstić information content (AvgIpc) is 3.46. The van der Waals surface area contributed by atoms with E-state index < -0.39 is 0 Å². The normalized spacial score (nSPS) is 13.8. The van der Waals surface area contributed by atoms with E-state index in [-0.39, 0.29) is 24.5 Å². The summed E-state index contributed by atoms with van der Waals surface area (Å²) in [6, 6.07) is 27.9. The summed E-state index contributed by atoms with van der Waals surface area (Å²) >= 11 is 1.65. The predicted octanol–water partition coefficient (Wildman–Crippen LogP) is 7.30. The lowest BCUT2D eigenvalue weighted by atomic mass is 9.94. The van der Waals surface area contributed by atoms with Gasteiger partial charge in [0.1, 0.15) is 6.54 Å². The van der Waals surface area contributed by atoms with Crippen LogP contribution in [-0.2, 0) is 17.9 Å². The second kappa shape index (κ2) is 12.1. The number of hydrogen-bond donors (Lipinski definition) is 1. The summed E-state index contributed by atoms with van der Waals surface area (Å²) in [6.45, 7) is 1.12. The molecular weight excluding hydrogens is 478 g/mol. The number of rotatable bonds is 8. The molecule has 190 valence electrons. The van der Waals surface area contributed by atoms with Gasteiger partial charge in [-0.15, -0.1) is 11.3 Å². The van der Waals surface area contributed by atoms with Crippen molar-refractivity contribution in [2.45, 2.75) is 51.2 Å². The zero-order valence-electron chi connectivity index (χ0n) is 21.0. The fraction of sp³-hybridized carbons (Fsp3) is 0.290. The maximum atomic E-state index is 13.8. The van der Waals surface area contributed by atoms with Crippen molar-refractivity contribution in [1.29, 1.82) is 0 Å². The van der Waals surface area contributed by atoms with Crippen LogP contribution in [0.15, 0.2) is 90.3 Å². The molecule has 1 fully saturated rings. The SMILES string of the molecule is O=C(CN(C(=O)Nc1cccc2ccccc12)C1CCCCC1)N(Cc1ccccc1)Cc1cccs1. The van der Waals surface area contributed by atoms with Gasteiger partial charge in [0.05, 0.1) is 12.2 Å². The Morgan fingerprint density at radius 3 is 2.35 bits per heavy atom. The largest absolute Gasteiger partial charge is 0.332 e. The molecule has 1 heterocycles. The number of anilines is 1. The quantitative estimate of drug-likeness (QED) is 0.270. The lowest BCUT2D eigenvalue weighted by molar-refractivity contribution is -0.133. The van der Waals surface area contributed by atoms with Crippen molar-refractivity contribution in [3.8, 4) is 0 Å². The first kappa shape index (κ1) is 25.0. The van der Waals surface area contributed by atoms with E-state index >= 15 is 0 Å². The van der Waals surface area contributed by atoms with Crippen molar-refractivity contribution in [1.82, 2.24) is 9.80 Å². The van der Waals surface area contributed by atoms with Crippen LogP contribution in [0, 0.1) is 0 Å². The van der Waals surface area contributed by atoms with Gasteiger partial charge < -0.3 is 15.1 Å². The van der Waals surface area contributed by atoms with Crippen LogP contribution in [0.25, 0.3) is 10.8 Å². The van der Waals surface area contributed by atoms with Crippen molar-refractivity contribution in [2.75, 3.05) is 11.9 Å². The van der Waals surface area contributed by atoms with Crippen molar-refractivity contribution in [3.05, 3.63) is 101 Å². The summed E-state index contributed by atoms with van der Waals surface area (Å²) in [4.78, 5) is 32.3. The molecule has 1 saturated carbocycles. The number of carbonyl (C=O) groups is 2. The number of nitrogens with zero attached hydrogens (tertiary/aromatic N) is 2. The number of carbonyl (C=O) groups excluding carboxylic acids is 2. The van der Waals surface area contributed by atoms with Crippen LogP contribution in [0.4, 0.5) is 10.5 Å². The zero-order valence-corrected chi connectivity index (χ0v) is 21.8. The summed E-state index contributed by atoms with van der Waals surface area (Å²) in [7, 11) is 0. The molecule has 0 bridgehead atoms. The minimum atomic E-state index is -0.201. The Bertz CT molecular complexity index is 1310. The lowest BCUT2D eigenvalue weighted by Crippen LogP contribution is -2.49. The Morgan fingerprint density at radius 2 is 1.57 bits per heavy atom. The molecule has 5 rings (SSSR count). The Labute approximate surface area is 222 Å². The molecule has 37 heavy (non-hydrogen) atoms. The van der Waals surface area contributed by atoms with Crippen LogP contribution < -0.4 is 5.32 Å². The van der Waals surface area contributed by atoms with E-state index in [1.54, 1.807) is 16.2 Å². The minimum absolute atomic E-state index is 0.0316. The maximum absolute atomic E-state index is 13.8. The van der Waals surface area contributed by atoms with E-state index in [9.17, 15) is 9.59 Å². The third-order valence-electron chi connectivity index (χ3n) is 7.11. The lowest BCUT2D eigenvalue weighted by Gasteiger charge is -2.35. The number of fused-ring (bicyclic) bond motifs is 1. The standard InChI is InChI=1S/C31H33N3O2S/c35-30(33(22-27-17-10-20-37-27)21-24-11-3-1-4-12-24)23-34(26-15-5-2-6-16-26)31(36)32-29-19-9-14-25-13-7-8-18-28(25)29/h1,3-4,7-14,17-20,26H,2,5-6,15-16,21-23H2,(H,32,36). The highest BCUT2D eigenvalue weighted by Crippen LogP contribution is 2.27. The first-order chi connectivity index (χ1) is 18.2. The van der Waals surface area contributed by atoms with Crippen LogP contribution in [0.2, 0.25) is 0 Å². The Balaban J connectivity index is 1.38. The highest BCUT2D eigenvalue weighted by molar-refractivity contribution is 7.09. The maximum Gasteiger partial charge on any atom is 0.322 e. The van der Waals surface area contributed by atoms with Crippen molar-refractivity contribution < 1.29 is 9.59 Å². The van der Waals surface area contributed by atoms with E-state index in [4.69, 9.17) is 0 Å². The second-order valence-corrected chi connectivity index (χ2v) is 10.7. The molecule has 1 aromatic heterocycles. The van der Waals surface area contributed by atoms with Gasteiger partial charge in [-0.2, -0.15) is 0 Å². The average molecular weight is 512 g/mol. The second-order valence-electron chi connectivity index (χ2n) is 9.69. The molecule has 0 spiro atoms. The predicted molar refractivity (Wildman–Crippen MR) is 152 cm³/mol. The monoisotopic (exact) mass is 511 g/mol. The molecule has 4 aromatic rings. The van der Waals surface area contributed by atoms with Gasteiger partial charge in [-0.1, -0.05) is 92.1 Å². The number of benzene rings is 3. The van der Waals surface area contributed by atoms with Crippen LogP contribution in [0.5, 0.6) is 0 Å². The summed E-state index contributed by atoms with van der Waals surface area (Å²) in [5, 5.41) is 7.25. The van der Waals surface area contributed by atoms with Gasteiger partial charge >= 0.3 is 6.03 Å². The third-order valence-corrected chi connectivity index (χ3v) is 7.97. The minimum Gasteiger partial charge on any atom is -0.332 e. The van der Waals surface area contributed by atoms with E-state index in [2.05, 4.69) is 11.4 Å². The molecule has 0 unspecified atom stereocenters. The molecule has 3 aromatic carbocycles. The van der Waals surface area contributed by atoms with Crippen LogP contribution >= 0.6 is 11.3 Å². The van der Waals surface area contributed by atoms with Crippen molar-refractivity contribution in [3.63, 3.8) is 0 Å². The first-order valence-corrected chi connectivity index (χ1v) is 13.9. The summed E-state index contributed by atoms with van der Waals surface area (Å²) in [5.41, 5.74) is 1.85. The van der Waals surface area contributed by atoms with Gasteiger partial charge in [-0.05, 0) is 41.3 Å². The summed E-state index contributed by atoms with van der Waals surface area (Å²) in [5.74, 6) is -0.0316. The van der Waals surface area contributed by atoms with Gasteiger partial charge in [0.2, 0.25) is 5.91 Å². The molecule has 5 nitrogen and oxygen atoms in total. The van der Waals surface area contributed by atoms with Crippen LogP contribution in [-0.4, -0.2) is 34.3 Å². The Kier molecular flexibility index (Phi) is 8.16. The van der Waals surface area contributed by atoms with Gasteiger partial charge in [0, 0.05) is 22.8 Å². The Morgan fingerprint density at radius 1 is 0.811 bits per heavy atom. The van der Waals surface area contributed by atoms with Gasteiger partial charge in [-0.25, -0.2) is 4.79 Å². The number of urea groups is 1.